The Hall–Kier alpha value is -1.70. The van der Waals surface area contributed by atoms with Gasteiger partial charge in [-0.2, -0.15) is 0 Å². The summed E-state index contributed by atoms with van der Waals surface area (Å²) in [6.07, 6.45) is 15.4. The van der Waals surface area contributed by atoms with Crippen molar-refractivity contribution in [3.63, 3.8) is 0 Å². The number of unbranched alkanes of at least 4 members (excludes halogenated alkanes) is 10. The minimum atomic E-state index is 0.799. The van der Waals surface area contributed by atoms with Gasteiger partial charge in [0.1, 0.15) is 11.5 Å². The molecule has 0 aliphatic carbocycles. The molecule has 0 aromatic heterocycles. The fourth-order valence-corrected chi connectivity index (χ4v) is 3.85. The highest BCUT2D eigenvalue weighted by molar-refractivity contribution is 5.94. The maximum Gasteiger partial charge on any atom is 0.130 e. The molecule has 2 rings (SSSR count). The molecule has 0 radical (unpaired) electrons. The van der Waals surface area contributed by atoms with Crippen molar-refractivity contribution in [3.8, 4) is 11.5 Å². The van der Waals surface area contributed by atoms with E-state index in [4.69, 9.17) is 9.47 Å². The lowest BCUT2D eigenvalue weighted by Gasteiger charge is -2.15. The van der Waals surface area contributed by atoms with Gasteiger partial charge in [0.05, 0.1) is 13.2 Å². The van der Waals surface area contributed by atoms with E-state index in [0.717, 1.165) is 37.6 Å². The van der Waals surface area contributed by atoms with Gasteiger partial charge in [-0.05, 0) is 31.4 Å². The third kappa shape index (κ3) is 8.28. The van der Waals surface area contributed by atoms with Gasteiger partial charge in [0.15, 0.2) is 0 Å². The SMILES string of the molecule is CCCCCCCCOc1cccc2c(OCCCCCCCC)c(C)ccc12. The highest BCUT2D eigenvalue weighted by Crippen LogP contribution is 2.35. The lowest BCUT2D eigenvalue weighted by atomic mass is 10.0. The Morgan fingerprint density at radius 2 is 1.17 bits per heavy atom. The predicted octanol–water partition coefficient (Wildman–Crippen LogP) is 8.63. The van der Waals surface area contributed by atoms with Crippen LogP contribution in [0.15, 0.2) is 30.3 Å². The number of fused-ring (bicyclic) bond motifs is 1. The molecule has 0 bridgehead atoms. The van der Waals surface area contributed by atoms with E-state index >= 15 is 0 Å². The van der Waals surface area contributed by atoms with Crippen LogP contribution >= 0.6 is 0 Å². The molecule has 2 heteroatoms. The molecule has 0 saturated carbocycles. The molecular weight excluding hydrogens is 356 g/mol. The molecule has 2 aromatic carbocycles. The van der Waals surface area contributed by atoms with E-state index in [2.05, 4.69) is 51.1 Å². The molecule has 0 amide bonds. The molecule has 0 spiro atoms. The molecule has 0 N–H and O–H groups in total. The van der Waals surface area contributed by atoms with Gasteiger partial charge in [-0.1, -0.05) is 102 Å². The molecule has 0 aliphatic heterocycles. The predicted molar refractivity (Wildman–Crippen MR) is 126 cm³/mol. The second kappa shape index (κ2) is 14.3. The highest BCUT2D eigenvalue weighted by atomic mass is 16.5. The van der Waals surface area contributed by atoms with Crippen LogP contribution in [0, 0.1) is 6.92 Å². The van der Waals surface area contributed by atoms with Crippen LogP contribution in [-0.4, -0.2) is 13.2 Å². The van der Waals surface area contributed by atoms with E-state index in [1.165, 1.54) is 80.5 Å². The van der Waals surface area contributed by atoms with E-state index in [9.17, 15) is 0 Å². The zero-order chi connectivity index (χ0) is 20.7. The van der Waals surface area contributed by atoms with Crippen molar-refractivity contribution in [1.82, 2.24) is 0 Å². The fourth-order valence-electron chi connectivity index (χ4n) is 3.85. The standard InChI is InChI=1S/C27H42O2/c1-4-6-8-10-12-14-21-28-26-18-16-17-25-24(26)20-19-23(3)27(25)29-22-15-13-11-9-7-5-2/h16-20H,4-15,21-22H2,1-3H3. The third-order valence-electron chi connectivity index (χ3n) is 5.67. The number of hydrogen-bond acceptors (Lipinski definition) is 2. The summed E-state index contributed by atoms with van der Waals surface area (Å²) in [5.74, 6) is 2.02. The molecule has 0 heterocycles. The van der Waals surface area contributed by atoms with E-state index in [1.807, 2.05) is 0 Å². The van der Waals surface area contributed by atoms with Gasteiger partial charge in [-0.15, -0.1) is 0 Å². The smallest absolute Gasteiger partial charge is 0.130 e. The Morgan fingerprint density at radius 1 is 0.586 bits per heavy atom. The molecule has 2 aromatic rings. The maximum absolute atomic E-state index is 6.24. The van der Waals surface area contributed by atoms with Crippen molar-refractivity contribution in [1.29, 1.82) is 0 Å². The molecule has 0 aliphatic rings. The number of benzene rings is 2. The molecule has 162 valence electrons. The van der Waals surface area contributed by atoms with Crippen molar-refractivity contribution >= 4 is 10.8 Å². The van der Waals surface area contributed by atoms with E-state index in [-0.39, 0.29) is 0 Å². The van der Waals surface area contributed by atoms with Gasteiger partial charge in [-0.25, -0.2) is 0 Å². The molecule has 2 nitrogen and oxygen atoms in total. The summed E-state index contributed by atoms with van der Waals surface area (Å²) in [4.78, 5) is 0. The Kier molecular flexibility index (Phi) is 11.6. The second-order valence-corrected chi connectivity index (χ2v) is 8.30. The largest absolute Gasteiger partial charge is 0.493 e. The van der Waals surface area contributed by atoms with Crippen molar-refractivity contribution in [3.05, 3.63) is 35.9 Å². The number of rotatable bonds is 16. The van der Waals surface area contributed by atoms with E-state index in [0.29, 0.717) is 0 Å². The van der Waals surface area contributed by atoms with Crippen LogP contribution in [0.2, 0.25) is 0 Å². The first kappa shape index (κ1) is 23.6. The summed E-state index contributed by atoms with van der Waals surface area (Å²) in [7, 11) is 0. The maximum atomic E-state index is 6.24. The van der Waals surface area contributed by atoms with Crippen LogP contribution in [0.5, 0.6) is 11.5 Å². The molecular formula is C27H42O2. The third-order valence-corrected chi connectivity index (χ3v) is 5.67. The van der Waals surface area contributed by atoms with Gasteiger partial charge in [0.25, 0.3) is 0 Å². The molecule has 0 unspecified atom stereocenters. The Balaban J connectivity index is 1.88. The van der Waals surface area contributed by atoms with Crippen LogP contribution < -0.4 is 9.47 Å². The van der Waals surface area contributed by atoms with Crippen LogP contribution in [0.4, 0.5) is 0 Å². The fraction of sp³-hybridized carbons (Fsp3) is 0.630. The van der Waals surface area contributed by atoms with Crippen molar-refractivity contribution in [2.45, 2.75) is 97.8 Å². The summed E-state index contributed by atoms with van der Waals surface area (Å²) < 4.78 is 12.4. The van der Waals surface area contributed by atoms with Gasteiger partial charge in [-0.3, -0.25) is 0 Å². The quantitative estimate of drug-likeness (QED) is 0.263. The summed E-state index contributed by atoms with van der Waals surface area (Å²) in [5, 5.41) is 2.35. The lowest BCUT2D eigenvalue weighted by molar-refractivity contribution is 0.303. The van der Waals surface area contributed by atoms with Gasteiger partial charge in [0, 0.05) is 10.8 Å². The van der Waals surface area contributed by atoms with Crippen molar-refractivity contribution in [2.75, 3.05) is 13.2 Å². The normalized spacial score (nSPS) is 11.1. The van der Waals surface area contributed by atoms with Crippen molar-refractivity contribution in [2.24, 2.45) is 0 Å². The Labute approximate surface area is 179 Å². The molecule has 0 saturated heterocycles. The first-order chi connectivity index (χ1) is 14.3. The molecule has 0 fully saturated rings. The lowest BCUT2D eigenvalue weighted by Crippen LogP contribution is -2.01. The number of hydrogen-bond donors (Lipinski definition) is 0. The zero-order valence-corrected chi connectivity index (χ0v) is 19.1. The van der Waals surface area contributed by atoms with E-state index < -0.39 is 0 Å². The van der Waals surface area contributed by atoms with Crippen molar-refractivity contribution < 1.29 is 9.47 Å². The average molecular weight is 399 g/mol. The minimum Gasteiger partial charge on any atom is -0.493 e. The van der Waals surface area contributed by atoms with Crippen LogP contribution in [0.3, 0.4) is 0 Å². The van der Waals surface area contributed by atoms with E-state index in [1.54, 1.807) is 0 Å². The molecule has 0 atom stereocenters. The number of aryl methyl sites for hydroxylation is 1. The highest BCUT2D eigenvalue weighted by Gasteiger charge is 2.10. The average Bonchev–Trinajstić information content (AvgIpc) is 2.73. The summed E-state index contributed by atoms with van der Waals surface area (Å²) in [6, 6.07) is 10.7. The summed E-state index contributed by atoms with van der Waals surface area (Å²) in [5.41, 5.74) is 1.21. The number of ether oxygens (including phenoxy) is 2. The Morgan fingerprint density at radius 3 is 1.83 bits per heavy atom. The van der Waals surface area contributed by atoms with Gasteiger partial charge >= 0.3 is 0 Å². The first-order valence-electron chi connectivity index (χ1n) is 12.1. The summed E-state index contributed by atoms with van der Waals surface area (Å²) in [6.45, 7) is 8.26. The first-order valence-corrected chi connectivity index (χ1v) is 12.1. The van der Waals surface area contributed by atoms with Crippen LogP contribution in [0.25, 0.3) is 10.8 Å². The van der Waals surface area contributed by atoms with Gasteiger partial charge < -0.3 is 9.47 Å². The topological polar surface area (TPSA) is 18.5 Å². The van der Waals surface area contributed by atoms with Gasteiger partial charge in [0.2, 0.25) is 0 Å². The summed E-state index contributed by atoms with van der Waals surface area (Å²) >= 11 is 0. The second-order valence-electron chi connectivity index (χ2n) is 8.30. The monoisotopic (exact) mass is 398 g/mol. The van der Waals surface area contributed by atoms with Crippen LogP contribution in [0.1, 0.15) is 96.5 Å². The zero-order valence-electron chi connectivity index (χ0n) is 19.1. The molecule has 29 heavy (non-hydrogen) atoms. The van der Waals surface area contributed by atoms with Crippen LogP contribution in [-0.2, 0) is 0 Å². The minimum absolute atomic E-state index is 0.799. The Bertz CT molecular complexity index is 692.